The van der Waals surface area contributed by atoms with Crippen molar-refractivity contribution in [2.24, 2.45) is 11.7 Å². The van der Waals surface area contributed by atoms with Gasteiger partial charge >= 0.3 is 0 Å². The molecule has 1 aliphatic rings. The Morgan fingerprint density at radius 3 is 2.94 bits per heavy atom. The maximum atomic E-state index is 12.2. The van der Waals surface area contributed by atoms with Crippen LogP contribution in [0.1, 0.15) is 45.4 Å². The van der Waals surface area contributed by atoms with Crippen LogP contribution in [0.15, 0.2) is 0 Å². The molecule has 1 rings (SSSR count). The quantitative estimate of drug-likeness (QED) is 0.703. The van der Waals surface area contributed by atoms with Crippen LogP contribution in [0, 0.1) is 5.92 Å². The molecule has 0 aliphatic carbocycles. The van der Waals surface area contributed by atoms with Gasteiger partial charge < -0.3 is 15.7 Å². The Bertz CT molecular complexity index is 229. The summed E-state index contributed by atoms with van der Waals surface area (Å²) in [5, 5.41) is 8.85. The lowest BCUT2D eigenvalue weighted by molar-refractivity contribution is -0.133. The summed E-state index contributed by atoms with van der Waals surface area (Å²) in [5.41, 5.74) is 5.64. The molecule has 0 saturated carbocycles. The van der Waals surface area contributed by atoms with Crippen LogP contribution in [0.5, 0.6) is 0 Å². The van der Waals surface area contributed by atoms with E-state index < -0.39 is 0 Å². The summed E-state index contributed by atoms with van der Waals surface area (Å²) in [4.78, 5) is 14.2. The topological polar surface area (TPSA) is 66.6 Å². The number of likely N-dealkylation sites (tertiary alicyclic amines) is 1. The Morgan fingerprint density at radius 1 is 1.59 bits per heavy atom. The molecule has 0 spiro atoms. The van der Waals surface area contributed by atoms with Crippen LogP contribution in [0.25, 0.3) is 0 Å². The highest BCUT2D eigenvalue weighted by Crippen LogP contribution is 2.23. The number of nitrogens with two attached hydrogens (primary N) is 1. The first-order valence-electron chi connectivity index (χ1n) is 6.83. The smallest absolute Gasteiger partial charge is 0.223 e. The third-order valence-electron chi connectivity index (χ3n) is 3.77. The van der Waals surface area contributed by atoms with E-state index in [-0.39, 0.29) is 12.5 Å². The van der Waals surface area contributed by atoms with Gasteiger partial charge in [0.2, 0.25) is 5.91 Å². The monoisotopic (exact) mass is 242 g/mol. The van der Waals surface area contributed by atoms with Crippen LogP contribution >= 0.6 is 0 Å². The zero-order chi connectivity index (χ0) is 12.7. The van der Waals surface area contributed by atoms with Gasteiger partial charge in [0.25, 0.3) is 0 Å². The molecule has 3 N–H and O–H groups in total. The highest BCUT2D eigenvalue weighted by atomic mass is 16.3. The Kier molecular flexibility index (Phi) is 6.52. The van der Waals surface area contributed by atoms with Gasteiger partial charge in [-0.05, 0) is 38.1 Å². The van der Waals surface area contributed by atoms with Gasteiger partial charge in [-0.2, -0.15) is 0 Å². The Morgan fingerprint density at radius 2 is 2.35 bits per heavy atom. The van der Waals surface area contributed by atoms with Crippen LogP contribution in [0.2, 0.25) is 0 Å². The van der Waals surface area contributed by atoms with Crippen molar-refractivity contribution in [1.82, 2.24) is 4.90 Å². The third-order valence-corrected chi connectivity index (χ3v) is 3.77. The summed E-state index contributed by atoms with van der Waals surface area (Å²) in [6.07, 6.45) is 5.47. The minimum atomic E-state index is 0.221. The van der Waals surface area contributed by atoms with E-state index in [9.17, 15) is 4.79 Å². The fourth-order valence-corrected chi connectivity index (χ4v) is 2.55. The number of hydrogen-bond acceptors (Lipinski definition) is 3. The van der Waals surface area contributed by atoms with E-state index in [0.717, 1.165) is 38.6 Å². The molecule has 0 aromatic heterocycles. The zero-order valence-corrected chi connectivity index (χ0v) is 10.9. The van der Waals surface area contributed by atoms with Crippen LogP contribution < -0.4 is 5.73 Å². The molecule has 4 nitrogen and oxygen atoms in total. The molecule has 0 aromatic carbocycles. The van der Waals surface area contributed by atoms with Crippen LogP contribution in [0.3, 0.4) is 0 Å². The highest BCUT2D eigenvalue weighted by Gasteiger charge is 2.28. The highest BCUT2D eigenvalue weighted by molar-refractivity contribution is 5.77. The third kappa shape index (κ3) is 4.28. The van der Waals surface area contributed by atoms with E-state index in [4.69, 9.17) is 10.8 Å². The Hall–Kier alpha value is -0.610. The maximum absolute atomic E-state index is 12.2. The SMILES string of the molecule is CCC(CN)CC(=O)N1CCCC1CCCO. The number of carbonyl (C=O) groups is 1. The maximum Gasteiger partial charge on any atom is 0.223 e. The van der Waals surface area contributed by atoms with Crippen molar-refractivity contribution in [3.8, 4) is 0 Å². The molecule has 1 saturated heterocycles. The lowest BCUT2D eigenvalue weighted by Crippen LogP contribution is -2.37. The number of aliphatic hydroxyl groups excluding tert-OH is 1. The Labute approximate surface area is 104 Å². The molecule has 0 bridgehead atoms. The zero-order valence-electron chi connectivity index (χ0n) is 10.9. The van der Waals surface area contributed by atoms with Crippen LogP contribution in [-0.4, -0.2) is 41.7 Å². The lowest BCUT2D eigenvalue weighted by Gasteiger charge is -2.26. The summed E-state index contributed by atoms with van der Waals surface area (Å²) >= 11 is 0. The van der Waals surface area contributed by atoms with Gasteiger partial charge in [0.1, 0.15) is 0 Å². The molecule has 4 heteroatoms. The van der Waals surface area contributed by atoms with Crippen molar-refractivity contribution in [1.29, 1.82) is 0 Å². The second kappa shape index (κ2) is 7.67. The van der Waals surface area contributed by atoms with Crippen molar-refractivity contribution >= 4 is 5.91 Å². The minimum absolute atomic E-state index is 0.221. The van der Waals surface area contributed by atoms with Crippen molar-refractivity contribution in [3.63, 3.8) is 0 Å². The molecule has 1 aliphatic heterocycles. The predicted molar refractivity (Wildman–Crippen MR) is 68.5 cm³/mol. The second-order valence-electron chi connectivity index (χ2n) is 4.96. The van der Waals surface area contributed by atoms with Crippen molar-refractivity contribution in [3.05, 3.63) is 0 Å². The molecule has 0 radical (unpaired) electrons. The van der Waals surface area contributed by atoms with Crippen molar-refractivity contribution < 1.29 is 9.90 Å². The fraction of sp³-hybridized carbons (Fsp3) is 0.923. The van der Waals surface area contributed by atoms with Gasteiger partial charge in [-0.3, -0.25) is 4.79 Å². The van der Waals surface area contributed by atoms with E-state index in [1.807, 2.05) is 4.90 Å². The molecule has 1 heterocycles. The summed E-state index contributed by atoms with van der Waals surface area (Å²) < 4.78 is 0. The van der Waals surface area contributed by atoms with Gasteiger partial charge in [0.15, 0.2) is 0 Å². The van der Waals surface area contributed by atoms with E-state index >= 15 is 0 Å². The summed E-state index contributed by atoms with van der Waals surface area (Å²) in [7, 11) is 0. The molecule has 1 fully saturated rings. The van der Waals surface area contributed by atoms with E-state index in [2.05, 4.69) is 6.92 Å². The van der Waals surface area contributed by atoms with Gasteiger partial charge in [-0.25, -0.2) is 0 Å². The average molecular weight is 242 g/mol. The van der Waals surface area contributed by atoms with Crippen molar-refractivity contribution in [2.75, 3.05) is 19.7 Å². The number of amides is 1. The number of aliphatic hydroxyl groups is 1. The van der Waals surface area contributed by atoms with Gasteiger partial charge in [0, 0.05) is 25.6 Å². The van der Waals surface area contributed by atoms with Crippen molar-refractivity contribution in [2.45, 2.75) is 51.5 Å². The second-order valence-corrected chi connectivity index (χ2v) is 4.96. The predicted octanol–water partition coefficient (Wildman–Crippen LogP) is 1.12. The molecular weight excluding hydrogens is 216 g/mol. The van der Waals surface area contributed by atoms with Crippen LogP contribution in [-0.2, 0) is 4.79 Å². The first kappa shape index (κ1) is 14.5. The molecular formula is C13H26N2O2. The molecule has 2 unspecified atom stereocenters. The Balaban J connectivity index is 2.43. The molecule has 0 aromatic rings. The van der Waals surface area contributed by atoms with E-state index in [1.165, 1.54) is 0 Å². The normalized spacial score (nSPS) is 21.8. The number of nitrogens with zero attached hydrogens (tertiary/aromatic N) is 1. The first-order chi connectivity index (χ1) is 8.22. The largest absolute Gasteiger partial charge is 0.396 e. The summed E-state index contributed by atoms with van der Waals surface area (Å²) in [6.45, 7) is 3.78. The van der Waals surface area contributed by atoms with E-state index in [1.54, 1.807) is 0 Å². The molecule has 1 amide bonds. The lowest BCUT2D eigenvalue weighted by atomic mass is 10.0. The standard InChI is InChI=1S/C13H26N2O2/c1-2-11(10-14)9-13(17)15-7-3-5-12(15)6-4-8-16/h11-12,16H,2-10,14H2,1H3. The average Bonchev–Trinajstić information content (AvgIpc) is 2.81. The summed E-state index contributed by atoms with van der Waals surface area (Å²) in [6, 6.07) is 0.352. The molecule has 100 valence electrons. The van der Waals surface area contributed by atoms with Crippen LogP contribution in [0.4, 0.5) is 0 Å². The van der Waals surface area contributed by atoms with Gasteiger partial charge in [0.05, 0.1) is 0 Å². The summed E-state index contributed by atoms with van der Waals surface area (Å²) in [5.74, 6) is 0.573. The first-order valence-corrected chi connectivity index (χ1v) is 6.83. The molecule has 2 atom stereocenters. The number of rotatable bonds is 7. The van der Waals surface area contributed by atoms with Gasteiger partial charge in [-0.15, -0.1) is 0 Å². The van der Waals surface area contributed by atoms with E-state index in [0.29, 0.717) is 24.9 Å². The number of carbonyl (C=O) groups excluding carboxylic acids is 1. The minimum Gasteiger partial charge on any atom is -0.396 e. The van der Waals surface area contributed by atoms with Gasteiger partial charge in [-0.1, -0.05) is 13.3 Å². The fourth-order valence-electron chi connectivity index (χ4n) is 2.55. The number of hydrogen-bond donors (Lipinski definition) is 2. The molecule has 17 heavy (non-hydrogen) atoms.